The number of nitro groups is 1. The van der Waals surface area contributed by atoms with Crippen molar-refractivity contribution in [3.05, 3.63) is 28.6 Å². The maximum atomic E-state index is 10.6. The van der Waals surface area contributed by atoms with Gasteiger partial charge in [-0.05, 0) is 13.0 Å². The van der Waals surface area contributed by atoms with E-state index in [0.29, 0.717) is 25.4 Å². The van der Waals surface area contributed by atoms with Crippen molar-refractivity contribution >= 4 is 11.4 Å². The van der Waals surface area contributed by atoms with Crippen LogP contribution in [0.1, 0.15) is 6.92 Å². The fourth-order valence-corrected chi connectivity index (χ4v) is 1.08. The van der Waals surface area contributed by atoms with Gasteiger partial charge in [0.2, 0.25) is 0 Å². The molecule has 0 atom stereocenters. The summed E-state index contributed by atoms with van der Waals surface area (Å²) in [5, 5.41) is 13.5. The summed E-state index contributed by atoms with van der Waals surface area (Å²) in [5.74, 6) is 0. The van der Waals surface area contributed by atoms with Crippen molar-refractivity contribution in [1.29, 1.82) is 0 Å². The molecule has 6 nitrogen and oxygen atoms in total. The lowest BCUT2D eigenvalue weighted by Crippen LogP contribution is -2.10. The van der Waals surface area contributed by atoms with Crippen molar-refractivity contribution in [2.45, 2.75) is 6.92 Å². The SMILES string of the molecule is CCOCCNc1ccncc1[N+](=O)[O-]. The summed E-state index contributed by atoms with van der Waals surface area (Å²) in [4.78, 5) is 13.8. The number of hydrogen-bond donors (Lipinski definition) is 1. The van der Waals surface area contributed by atoms with E-state index in [-0.39, 0.29) is 5.69 Å². The quantitative estimate of drug-likeness (QED) is 0.437. The fraction of sp³-hybridized carbons (Fsp3) is 0.444. The van der Waals surface area contributed by atoms with Gasteiger partial charge in [-0.2, -0.15) is 0 Å². The summed E-state index contributed by atoms with van der Waals surface area (Å²) < 4.78 is 5.11. The smallest absolute Gasteiger partial charge is 0.310 e. The molecule has 0 spiro atoms. The Kier molecular flexibility index (Phi) is 4.49. The van der Waals surface area contributed by atoms with Gasteiger partial charge in [-0.1, -0.05) is 0 Å². The summed E-state index contributed by atoms with van der Waals surface area (Å²) in [6, 6.07) is 1.57. The lowest BCUT2D eigenvalue weighted by molar-refractivity contribution is -0.384. The summed E-state index contributed by atoms with van der Waals surface area (Å²) in [6.07, 6.45) is 2.74. The number of anilines is 1. The Labute approximate surface area is 87.4 Å². The Morgan fingerprint density at radius 3 is 3.13 bits per heavy atom. The molecule has 0 aliphatic carbocycles. The van der Waals surface area contributed by atoms with Gasteiger partial charge < -0.3 is 10.1 Å². The molecule has 0 aliphatic heterocycles. The van der Waals surface area contributed by atoms with Gasteiger partial charge in [0, 0.05) is 19.3 Å². The molecule has 0 bridgehead atoms. The van der Waals surface area contributed by atoms with Crippen molar-refractivity contribution in [1.82, 2.24) is 4.98 Å². The molecular weight excluding hydrogens is 198 g/mol. The van der Waals surface area contributed by atoms with Crippen LogP contribution in [0, 0.1) is 10.1 Å². The van der Waals surface area contributed by atoms with Crippen molar-refractivity contribution in [2.24, 2.45) is 0 Å². The van der Waals surface area contributed by atoms with Crippen LogP contribution in [0.3, 0.4) is 0 Å². The van der Waals surface area contributed by atoms with Crippen molar-refractivity contribution in [3.8, 4) is 0 Å². The zero-order chi connectivity index (χ0) is 11.1. The fourth-order valence-electron chi connectivity index (χ4n) is 1.08. The topological polar surface area (TPSA) is 77.3 Å². The standard InChI is InChI=1S/C9H13N3O3/c1-2-15-6-5-11-8-3-4-10-7-9(8)12(13)14/h3-4,7H,2,5-6H2,1H3,(H,10,11). The number of pyridine rings is 1. The third-order valence-corrected chi connectivity index (χ3v) is 1.76. The largest absolute Gasteiger partial charge is 0.380 e. The van der Waals surface area contributed by atoms with E-state index in [4.69, 9.17) is 4.74 Å². The van der Waals surface area contributed by atoms with Gasteiger partial charge in [0.15, 0.2) is 0 Å². The molecule has 82 valence electrons. The Morgan fingerprint density at radius 1 is 1.67 bits per heavy atom. The summed E-state index contributed by atoms with van der Waals surface area (Å²) >= 11 is 0. The Hall–Kier alpha value is -1.69. The zero-order valence-electron chi connectivity index (χ0n) is 8.47. The normalized spacial score (nSPS) is 9.93. The van der Waals surface area contributed by atoms with Crippen molar-refractivity contribution in [2.75, 3.05) is 25.1 Å². The molecule has 0 unspecified atom stereocenters. The van der Waals surface area contributed by atoms with Crippen LogP contribution >= 0.6 is 0 Å². The van der Waals surface area contributed by atoms with Gasteiger partial charge in [-0.3, -0.25) is 15.1 Å². The molecule has 0 aliphatic rings. The predicted octanol–water partition coefficient (Wildman–Crippen LogP) is 1.44. The molecule has 0 radical (unpaired) electrons. The number of hydrogen-bond acceptors (Lipinski definition) is 5. The molecule has 0 saturated heterocycles. The van der Waals surface area contributed by atoms with E-state index >= 15 is 0 Å². The first kappa shape index (κ1) is 11.4. The minimum absolute atomic E-state index is 0.0194. The maximum absolute atomic E-state index is 10.6. The highest BCUT2D eigenvalue weighted by Gasteiger charge is 2.11. The lowest BCUT2D eigenvalue weighted by atomic mass is 10.3. The van der Waals surface area contributed by atoms with Crippen molar-refractivity contribution in [3.63, 3.8) is 0 Å². The van der Waals surface area contributed by atoms with Crippen LogP contribution in [0.4, 0.5) is 11.4 Å². The summed E-state index contributed by atoms with van der Waals surface area (Å²) in [6.45, 7) is 3.60. The molecule has 0 saturated carbocycles. The van der Waals surface area contributed by atoms with Crippen LogP contribution in [0.5, 0.6) is 0 Å². The van der Waals surface area contributed by atoms with E-state index < -0.39 is 4.92 Å². The summed E-state index contributed by atoms with van der Waals surface area (Å²) in [5.41, 5.74) is 0.448. The van der Waals surface area contributed by atoms with Crippen molar-refractivity contribution < 1.29 is 9.66 Å². The Bertz CT molecular complexity index is 330. The highest BCUT2D eigenvalue weighted by Crippen LogP contribution is 2.21. The molecule has 1 N–H and O–H groups in total. The second-order valence-electron chi connectivity index (χ2n) is 2.77. The molecule has 0 fully saturated rings. The summed E-state index contributed by atoms with van der Waals surface area (Å²) in [7, 11) is 0. The average Bonchev–Trinajstić information content (AvgIpc) is 2.25. The second kappa shape index (κ2) is 5.92. The van der Waals surface area contributed by atoms with Gasteiger partial charge in [0.05, 0.1) is 11.5 Å². The lowest BCUT2D eigenvalue weighted by Gasteiger charge is -2.05. The van der Waals surface area contributed by atoms with Crippen LogP contribution in [0.15, 0.2) is 18.5 Å². The first-order valence-electron chi connectivity index (χ1n) is 4.65. The third-order valence-electron chi connectivity index (χ3n) is 1.76. The van der Waals surface area contributed by atoms with E-state index in [1.54, 1.807) is 6.07 Å². The first-order chi connectivity index (χ1) is 7.25. The molecular formula is C9H13N3O3. The number of nitrogens with zero attached hydrogens (tertiary/aromatic N) is 2. The molecule has 15 heavy (non-hydrogen) atoms. The molecule has 0 amide bonds. The van der Waals surface area contributed by atoms with Gasteiger partial charge >= 0.3 is 5.69 Å². The predicted molar refractivity (Wildman–Crippen MR) is 55.9 cm³/mol. The van der Waals surface area contributed by atoms with E-state index in [0.717, 1.165) is 0 Å². The first-order valence-corrected chi connectivity index (χ1v) is 4.65. The van der Waals surface area contributed by atoms with Crippen LogP contribution in [-0.2, 0) is 4.74 Å². The monoisotopic (exact) mass is 211 g/mol. The number of ether oxygens (including phenoxy) is 1. The zero-order valence-corrected chi connectivity index (χ0v) is 8.47. The van der Waals surface area contributed by atoms with E-state index in [1.807, 2.05) is 6.92 Å². The number of nitrogens with one attached hydrogen (secondary N) is 1. The molecule has 6 heteroatoms. The molecule has 1 aromatic heterocycles. The number of aromatic nitrogens is 1. The average molecular weight is 211 g/mol. The minimum Gasteiger partial charge on any atom is -0.380 e. The molecule has 1 heterocycles. The number of rotatable bonds is 6. The molecule has 0 aromatic carbocycles. The second-order valence-corrected chi connectivity index (χ2v) is 2.77. The maximum Gasteiger partial charge on any atom is 0.310 e. The third kappa shape index (κ3) is 3.51. The van der Waals surface area contributed by atoms with E-state index in [9.17, 15) is 10.1 Å². The van der Waals surface area contributed by atoms with Crippen LogP contribution in [0.25, 0.3) is 0 Å². The molecule has 1 rings (SSSR count). The van der Waals surface area contributed by atoms with Crippen LogP contribution < -0.4 is 5.32 Å². The van der Waals surface area contributed by atoms with Gasteiger partial charge in [-0.15, -0.1) is 0 Å². The van der Waals surface area contributed by atoms with E-state index in [2.05, 4.69) is 10.3 Å². The Morgan fingerprint density at radius 2 is 2.47 bits per heavy atom. The van der Waals surface area contributed by atoms with E-state index in [1.165, 1.54) is 12.4 Å². The van der Waals surface area contributed by atoms with Crippen LogP contribution in [-0.4, -0.2) is 29.7 Å². The van der Waals surface area contributed by atoms with Gasteiger partial charge in [0.1, 0.15) is 11.9 Å². The van der Waals surface area contributed by atoms with Gasteiger partial charge in [-0.25, -0.2) is 0 Å². The highest BCUT2D eigenvalue weighted by atomic mass is 16.6. The van der Waals surface area contributed by atoms with Crippen LogP contribution in [0.2, 0.25) is 0 Å². The minimum atomic E-state index is -0.462. The molecule has 1 aromatic rings. The Balaban J connectivity index is 2.56. The highest BCUT2D eigenvalue weighted by molar-refractivity contribution is 5.59. The van der Waals surface area contributed by atoms with Gasteiger partial charge in [0.25, 0.3) is 0 Å².